The number of hydrogen-bond donors (Lipinski definition) is 0. The molecule has 0 aromatic rings. The van der Waals surface area contributed by atoms with Crippen LogP contribution < -0.4 is 0 Å². The van der Waals surface area contributed by atoms with Crippen molar-refractivity contribution in [3.8, 4) is 0 Å². The van der Waals surface area contributed by atoms with Crippen LogP contribution in [-0.4, -0.2) is 50.8 Å². The van der Waals surface area contributed by atoms with Gasteiger partial charge in [-0.05, 0) is 20.3 Å². The zero-order valence-electron chi connectivity index (χ0n) is 9.91. The summed E-state index contributed by atoms with van der Waals surface area (Å²) in [5.74, 6) is -0.146. The first kappa shape index (κ1) is 12.5. The van der Waals surface area contributed by atoms with E-state index in [1.165, 1.54) is 7.11 Å². The molecule has 0 N–H and O–H groups in total. The lowest BCUT2D eigenvalue weighted by molar-refractivity contribution is -0.151. The van der Waals surface area contributed by atoms with Crippen molar-refractivity contribution in [2.24, 2.45) is 5.41 Å². The molecule has 0 atom stereocenters. The van der Waals surface area contributed by atoms with E-state index in [1.807, 2.05) is 13.8 Å². The van der Waals surface area contributed by atoms with Crippen molar-refractivity contribution in [1.29, 1.82) is 0 Å². The number of carbonyl (C=O) groups is 1. The van der Waals surface area contributed by atoms with Crippen LogP contribution in [0.5, 0.6) is 0 Å². The second-order valence-corrected chi connectivity index (χ2v) is 4.62. The minimum absolute atomic E-state index is 0.146. The average molecular weight is 215 g/mol. The standard InChI is InChI=1S/C11H21NO3/c1-11(2,10(13)14-3)9-12-5-4-7-15-8-6-12/h4-9H2,1-3H3. The molecule has 0 radical (unpaired) electrons. The van der Waals surface area contributed by atoms with Gasteiger partial charge in [0.25, 0.3) is 0 Å². The summed E-state index contributed by atoms with van der Waals surface area (Å²) in [6, 6.07) is 0. The van der Waals surface area contributed by atoms with E-state index >= 15 is 0 Å². The second kappa shape index (κ2) is 5.47. The number of hydrogen-bond acceptors (Lipinski definition) is 4. The van der Waals surface area contributed by atoms with Crippen LogP contribution in [0.1, 0.15) is 20.3 Å². The van der Waals surface area contributed by atoms with Gasteiger partial charge in [0.2, 0.25) is 0 Å². The highest BCUT2D eigenvalue weighted by molar-refractivity contribution is 5.76. The van der Waals surface area contributed by atoms with E-state index in [4.69, 9.17) is 9.47 Å². The zero-order chi connectivity index (χ0) is 11.3. The van der Waals surface area contributed by atoms with E-state index in [2.05, 4.69) is 4.90 Å². The summed E-state index contributed by atoms with van der Waals surface area (Å²) in [5.41, 5.74) is -0.431. The Morgan fingerprint density at radius 2 is 2.13 bits per heavy atom. The fourth-order valence-electron chi connectivity index (χ4n) is 1.86. The maximum absolute atomic E-state index is 11.5. The van der Waals surface area contributed by atoms with E-state index in [1.54, 1.807) is 0 Å². The molecule has 0 amide bonds. The third kappa shape index (κ3) is 3.80. The summed E-state index contributed by atoms with van der Waals surface area (Å²) in [6.45, 7) is 8.07. The molecular weight excluding hydrogens is 194 g/mol. The molecule has 88 valence electrons. The number of esters is 1. The average Bonchev–Trinajstić information content (AvgIpc) is 2.44. The lowest BCUT2D eigenvalue weighted by Gasteiger charge is -2.29. The zero-order valence-corrected chi connectivity index (χ0v) is 9.91. The molecule has 0 unspecified atom stereocenters. The summed E-state index contributed by atoms with van der Waals surface area (Å²) in [5, 5.41) is 0. The Hall–Kier alpha value is -0.610. The van der Waals surface area contributed by atoms with Gasteiger partial charge in [-0.3, -0.25) is 9.69 Å². The lowest BCUT2D eigenvalue weighted by atomic mass is 9.93. The van der Waals surface area contributed by atoms with Crippen LogP contribution in [0.2, 0.25) is 0 Å². The Bertz CT molecular complexity index is 208. The Morgan fingerprint density at radius 1 is 1.40 bits per heavy atom. The van der Waals surface area contributed by atoms with Crippen molar-refractivity contribution in [3.05, 3.63) is 0 Å². The number of rotatable bonds is 3. The van der Waals surface area contributed by atoms with Gasteiger partial charge in [-0.25, -0.2) is 0 Å². The fraction of sp³-hybridized carbons (Fsp3) is 0.909. The van der Waals surface area contributed by atoms with Gasteiger partial charge in [0.15, 0.2) is 0 Å². The van der Waals surface area contributed by atoms with Crippen LogP contribution in [0.4, 0.5) is 0 Å². The SMILES string of the molecule is COC(=O)C(C)(C)CN1CCCOCC1. The van der Waals surface area contributed by atoms with Gasteiger partial charge in [-0.2, -0.15) is 0 Å². The number of ether oxygens (including phenoxy) is 2. The molecule has 0 aromatic carbocycles. The van der Waals surface area contributed by atoms with E-state index in [0.29, 0.717) is 0 Å². The van der Waals surface area contributed by atoms with Crippen molar-refractivity contribution < 1.29 is 14.3 Å². The summed E-state index contributed by atoms with van der Waals surface area (Å²) < 4.78 is 10.2. The van der Waals surface area contributed by atoms with Crippen LogP contribution >= 0.6 is 0 Å². The highest BCUT2D eigenvalue weighted by Gasteiger charge is 2.31. The molecule has 0 bridgehead atoms. The largest absolute Gasteiger partial charge is 0.469 e. The molecule has 15 heavy (non-hydrogen) atoms. The van der Waals surface area contributed by atoms with Gasteiger partial charge in [-0.1, -0.05) is 0 Å². The molecule has 1 aliphatic heterocycles. The summed E-state index contributed by atoms with van der Waals surface area (Å²) in [7, 11) is 1.44. The van der Waals surface area contributed by atoms with Crippen molar-refractivity contribution in [3.63, 3.8) is 0 Å². The maximum atomic E-state index is 11.5. The van der Waals surface area contributed by atoms with Crippen molar-refractivity contribution >= 4 is 5.97 Å². The maximum Gasteiger partial charge on any atom is 0.312 e. The molecule has 0 spiro atoms. The van der Waals surface area contributed by atoms with Crippen LogP contribution in [0.15, 0.2) is 0 Å². The second-order valence-electron chi connectivity index (χ2n) is 4.62. The number of methoxy groups -OCH3 is 1. The van der Waals surface area contributed by atoms with Crippen molar-refractivity contribution in [2.45, 2.75) is 20.3 Å². The van der Waals surface area contributed by atoms with E-state index < -0.39 is 5.41 Å². The Morgan fingerprint density at radius 3 is 2.80 bits per heavy atom. The number of carbonyl (C=O) groups excluding carboxylic acids is 1. The Labute approximate surface area is 91.5 Å². The highest BCUT2D eigenvalue weighted by atomic mass is 16.5. The van der Waals surface area contributed by atoms with Gasteiger partial charge in [0, 0.05) is 26.2 Å². The Kier molecular flexibility index (Phi) is 4.54. The van der Waals surface area contributed by atoms with Crippen LogP contribution in [-0.2, 0) is 14.3 Å². The van der Waals surface area contributed by atoms with Gasteiger partial charge >= 0.3 is 5.97 Å². The summed E-state index contributed by atoms with van der Waals surface area (Å²) >= 11 is 0. The predicted octanol–water partition coefficient (Wildman–Crippen LogP) is 0.908. The highest BCUT2D eigenvalue weighted by Crippen LogP contribution is 2.19. The first-order valence-corrected chi connectivity index (χ1v) is 5.45. The molecule has 1 fully saturated rings. The molecule has 1 heterocycles. The van der Waals surface area contributed by atoms with Gasteiger partial charge in [-0.15, -0.1) is 0 Å². The molecule has 0 saturated carbocycles. The quantitative estimate of drug-likeness (QED) is 0.656. The molecule has 1 rings (SSSR count). The smallest absolute Gasteiger partial charge is 0.312 e. The van der Waals surface area contributed by atoms with Gasteiger partial charge < -0.3 is 9.47 Å². The first-order chi connectivity index (χ1) is 7.06. The monoisotopic (exact) mass is 215 g/mol. The van der Waals surface area contributed by atoms with E-state index in [9.17, 15) is 4.79 Å². The molecule has 4 nitrogen and oxygen atoms in total. The molecule has 1 saturated heterocycles. The van der Waals surface area contributed by atoms with Crippen molar-refractivity contribution in [2.75, 3.05) is 40.0 Å². The van der Waals surface area contributed by atoms with Gasteiger partial charge in [0.05, 0.1) is 19.1 Å². The molecular formula is C11H21NO3. The molecule has 0 aromatic heterocycles. The summed E-state index contributed by atoms with van der Waals surface area (Å²) in [6.07, 6.45) is 1.04. The molecule has 4 heteroatoms. The van der Waals surface area contributed by atoms with E-state index in [0.717, 1.165) is 39.3 Å². The molecule has 1 aliphatic rings. The Balaban J connectivity index is 2.47. The minimum atomic E-state index is -0.431. The summed E-state index contributed by atoms with van der Waals surface area (Å²) in [4.78, 5) is 13.8. The third-order valence-corrected chi connectivity index (χ3v) is 2.67. The van der Waals surface area contributed by atoms with Crippen LogP contribution in [0.3, 0.4) is 0 Å². The minimum Gasteiger partial charge on any atom is -0.469 e. The van der Waals surface area contributed by atoms with E-state index in [-0.39, 0.29) is 5.97 Å². The van der Waals surface area contributed by atoms with Gasteiger partial charge in [0.1, 0.15) is 0 Å². The fourth-order valence-corrected chi connectivity index (χ4v) is 1.86. The van der Waals surface area contributed by atoms with Crippen LogP contribution in [0.25, 0.3) is 0 Å². The normalized spacial score (nSPS) is 19.7. The lowest BCUT2D eigenvalue weighted by Crippen LogP contribution is -2.40. The van der Waals surface area contributed by atoms with Crippen molar-refractivity contribution in [1.82, 2.24) is 4.90 Å². The topological polar surface area (TPSA) is 38.8 Å². The first-order valence-electron chi connectivity index (χ1n) is 5.45. The number of nitrogens with zero attached hydrogens (tertiary/aromatic N) is 1. The molecule has 0 aliphatic carbocycles. The van der Waals surface area contributed by atoms with Crippen LogP contribution in [0, 0.1) is 5.41 Å². The third-order valence-electron chi connectivity index (χ3n) is 2.67. The predicted molar refractivity (Wildman–Crippen MR) is 57.7 cm³/mol.